The Kier molecular flexibility index (Phi) is 7.69. The highest BCUT2D eigenvalue weighted by Crippen LogP contribution is 2.14. The summed E-state index contributed by atoms with van der Waals surface area (Å²) in [7, 11) is -0.168. The maximum atomic E-state index is 12.9. The molecule has 0 aliphatic heterocycles. The fourth-order valence-electron chi connectivity index (χ4n) is 1.50. The van der Waals surface area contributed by atoms with Crippen LogP contribution < -0.4 is 10.5 Å². The zero-order valence-electron chi connectivity index (χ0n) is 11.8. The van der Waals surface area contributed by atoms with Crippen LogP contribution in [0.1, 0.15) is 5.56 Å². The summed E-state index contributed by atoms with van der Waals surface area (Å²) >= 11 is 0. The molecule has 0 saturated heterocycles. The summed E-state index contributed by atoms with van der Waals surface area (Å²) in [5.41, 5.74) is 5.78. The van der Waals surface area contributed by atoms with Crippen LogP contribution in [0, 0.1) is 0 Å². The van der Waals surface area contributed by atoms with Gasteiger partial charge in [0.1, 0.15) is 0 Å². The third-order valence-corrected chi connectivity index (χ3v) is 3.97. The molecule has 0 heterocycles. The van der Waals surface area contributed by atoms with Crippen molar-refractivity contribution in [1.29, 1.82) is 0 Å². The van der Waals surface area contributed by atoms with Crippen molar-refractivity contribution in [3.05, 3.63) is 29.8 Å². The van der Waals surface area contributed by atoms with E-state index >= 15 is 0 Å². The van der Waals surface area contributed by atoms with E-state index in [4.69, 9.17) is 5.73 Å². The molecule has 0 bridgehead atoms. The monoisotopic (exact) mass is 343 g/mol. The van der Waals surface area contributed by atoms with Crippen molar-refractivity contribution in [2.75, 3.05) is 27.2 Å². The third kappa shape index (κ3) is 6.66. The first-order valence-corrected chi connectivity index (χ1v) is 7.46. The number of nitrogens with zero attached hydrogens (tertiary/aromatic N) is 1. The lowest BCUT2D eigenvalue weighted by atomic mass is 10.2. The van der Waals surface area contributed by atoms with Gasteiger partial charge in [0.2, 0.25) is 10.0 Å². The Hall–Kier alpha value is -0.800. The molecule has 0 atom stereocenters. The molecule has 1 aromatic rings. The van der Waals surface area contributed by atoms with E-state index in [0.717, 1.165) is 5.56 Å². The molecule has 0 aliphatic rings. The van der Waals surface area contributed by atoms with Crippen molar-refractivity contribution in [2.24, 2.45) is 5.73 Å². The first-order valence-electron chi connectivity index (χ1n) is 5.97. The largest absolute Gasteiger partial charge is 0.325 e. The van der Waals surface area contributed by atoms with Crippen LogP contribution in [-0.2, 0) is 16.6 Å². The summed E-state index contributed by atoms with van der Waals surface area (Å²) in [6.07, 6.45) is 0. The van der Waals surface area contributed by atoms with E-state index in [-0.39, 0.29) is 17.3 Å². The number of benzene rings is 1. The Labute approximate surface area is 130 Å². The molecular weight excluding hydrogens is 324 g/mol. The van der Waals surface area contributed by atoms with Crippen molar-refractivity contribution in [2.45, 2.75) is 17.4 Å². The first kappa shape index (κ1) is 20.2. The van der Waals surface area contributed by atoms with E-state index in [1.54, 1.807) is 12.1 Å². The van der Waals surface area contributed by atoms with Gasteiger partial charge in [-0.25, -0.2) is 21.9 Å². The standard InChI is InChI=1S/C12H19F2N3O2S.ClH/c1-17(2)7-10-3-5-11(6-4-10)20(18,19)16-9-12(13,14)8-15;/h3-6,16H,7-9,15H2,1-2H3;1H. The summed E-state index contributed by atoms with van der Waals surface area (Å²) < 4.78 is 51.4. The van der Waals surface area contributed by atoms with Gasteiger partial charge in [0.05, 0.1) is 18.0 Å². The van der Waals surface area contributed by atoms with Gasteiger partial charge in [-0.1, -0.05) is 12.1 Å². The minimum absolute atomic E-state index is 0. The molecule has 1 aromatic carbocycles. The Bertz CT molecular complexity index is 536. The summed E-state index contributed by atoms with van der Waals surface area (Å²) in [5.74, 6) is -3.25. The molecule has 5 nitrogen and oxygen atoms in total. The van der Waals surface area contributed by atoms with Gasteiger partial charge in [-0.15, -0.1) is 12.4 Å². The number of nitrogens with two attached hydrogens (primary N) is 1. The van der Waals surface area contributed by atoms with Gasteiger partial charge in [0, 0.05) is 6.54 Å². The third-order valence-electron chi connectivity index (χ3n) is 2.55. The fraction of sp³-hybridized carbons (Fsp3) is 0.500. The minimum Gasteiger partial charge on any atom is -0.325 e. The van der Waals surface area contributed by atoms with Gasteiger partial charge in [-0.2, -0.15) is 0 Å². The second kappa shape index (κ2) is 8.00. The minimum atomic E-state index is -3.95. The quantitative estimate of drug-likeness (QED) is 0.775. The number of hydrogen-bond acceptors (Lipinski definition) is 4. The molecule has 3 N–H and O–H groups in total. The number of rotatable bonds is 7. The molecule has 0 saturated carbocycles. The zero-order valence-corrected chi connectivity index (χ0v) is 13.5. The SMILES string of the molecule is CN(C)Cc1ccc(S(=O)(=O)NCC(F)(F)CN)cc1.Cl. The van der Waals surface area contributed by atoms with E-state index in [2.05, 4.69) is 0 Å². The van der Waals surface area contributed by atoms with Crippen LogP contribution >= 0.6 is 12.4 Å². The van der Waals surface area contributed by atoms with Crippen LogP contribution in [0.3, 0.4) is 0 Å². The predicted octanol–water partition coefficient (Wildman–Crippen LogP) is 1.04. The average molecular weight is 344 g/mol. The van der Waals surface area contributed by atoms with E-state index < -0.39 is 29.0 Å². The highest BCUT2D eigenvalue weighted by Gasteiger charge is 2.29. The summed E-state index contributed by atoms with van der Waals surface area (Å²) in [4.78, 5) is 1.89. The van der Waals surface area contributed by atoms with E-state index in [9.17, 15) is 17.2 Å². The molecule has 0 amide bonds. The molecule has 0 aromatic heterocycles. The van der Waals surface area contributed by atoms with Gasteiger partial charge < -0.3 is 10.6 Å². The number of hydrogen-bond donors (Lipinski definition) is 2. The average Bonchev–Trinajstić information content (AvgIpc) is 2.37. The molecule has 122 valence electrons. The van der Waals surface area contributed by atoms with Crippen molar-refractivity contribution < 1.29 is 17.2 Å². The topological polar surface area (TPSA) is 75.4 Å². The lowest BCUT2D eigenvalue weighted by molar-refractivity contribution is 0.0170. The van der Waals surface area contributed by atoms with E-state index in [1.165, 1.54) is 12.1 Å². The van der Waals surface area contributed by atoms with Crippen LogP contribution in [0.25, 0.3) is 0 Å². The molecule has 1 rings (SSSR count). The van der Waals surface area contributed by atoms with Crippen molar-refractivity contribution in [3.8, 4) is 0 Å². The second-order valence-corrected chi connectivity index (χ2v) is 6.53. The Morgan fingerprint density at radius 3 is 2.19 bits per heavy atom. The fourth-order valence-corrected chi connectivity index (χ4v) is 2.56. The van der Waals surface area contributed by atoms with Gasteiger partial charge in [0.15, 0.2) is 0 Å². The smallest absolute Gasteiger partial charge is 0.273 e. The van der Waals surface area contributed by atoms with Crippen LogP contribution in [0.4, 0.5) is 8.78 Å². The molecule has 0 fully saturated rings. The summed E-state index contributed by atoms with van der Waals surface area (Å²) in [5, 5.41) is 0. The molecule has 0 radical (unpaired) electrons. The van der Waals surface area contributed by atoms with Crippen molar-refractivity contribution in [3.63, 3.8) is 0 Å². The summed E-state index contributed by atoms with van der Waals surface area (Å²) in [6.45, 7) is -1.25. The molecular formula is C12H20ClF2N3O2S. The number of nitrogens with one attached hydrogen (secondary N) is 1. The maximum absolute atomic E-state index is 12.9. The van der Waals surface area contributed by atoms with Crippen molar-refractivity contribution in [1.82, 2.24) is 9.62 Å². The Morgan fingerprint density at radius 1 is 1.24 bits per heavy atom. The molecule has 0 spiro atoms. The number of halogens is 3. The number of sulfonamides is 1. The van der Waals surface area contributed by atoms with Gasteiger partial charge in [-0.05, 0) is 31.8 Å². The Morgan fingerprint density at radius 2 is 1.76 bits per heavy atom. The zero-order chi connectivity index (χ0) is 15.4. The van der Waals surface area contributed by atoms with E-state index in [1.807, 2.05) is 23.7 Å². The van der Waals surface area contributed by atoms with Crippen molar-refractivity contribution >= 4 is 22.4 Å². The van der Waals surface area contributed by atoms with Gasteiger partial charge >= 0.3 is 0 Å². The van der Waals surface area contributed by atoms with Gasteiger partial charge in [-0.3, -0.25) is 0 Å². The number of alkyl halides is 2. The van der Waals surface area contributed by atoms with Crippen LogP contribution in [-0.4, -0.2) is 46.4 Å². The molecule has 0 unspecified atom stereocenters. The van der Waals surface area contributed by atoms with Crippen LogP contribution in [0.5, 0.6) is 0 Å². The highest BCUT2D eigenvalue weighted by molar-refractivity contribution is 7.89. The molecule has 21 heavy (non-hydrogen) atoms. The van der Waals surface area contributed by atoms with Gasteiger partial charge in [0.25, 0.3) is 5.92 Å². The summed E-state index contributed by atoms with van der Waals surface area (Å²) in [6, 6.07) is 6.08. The van der Waals surface area contributed by atoms with Crippen LogP contribution in [0.15, 0.2) is 29.2 Å². The predicted molar refractivity (Wildman–Crippen MR) is 80.3 cm³/mol. The highest BCUT2D eigenvalue weighted by atomic mass is 35.5. The molecule has 9 heteroatoms. The lowest BCUT2D eigenvalue weighted by Crippen LogP contribution is -2.41. The second-order valence-electron chi connectivity index (χ2n) is 4.77. The first-order chi connectivity index (χ1) is 9.16. The normalized spacial score (nSPS) is 12.3. The van der Waals surface area contributed by atoms with Crippen LogP contribution in [0.2, 0.25) is 0 Å². The van der Waals surface area contributed by atoms with E-state index in [0.29, 0.717) is 6.54 Å². The maximum Gasteiger partial charge on any atom is 0.273 e. The lowest BCUT2D eigenvalue weighted by Gasteiger charge is -2.15. The molecule has 0 aliphatic carbocycles. The Balaban J connectivity index is 0.00000400.